The zero-order valence-corrected chi connectivity index (χ0v) is 15.6. The Morgan fingerprint density at radius 2 is 1.72 bits per heavy atom. The lowest BCUT2D eigenvalue weighted by Crippen LogP contribution is -2.28. The van der Waals surface area contributed by atoms with Crippen LogP contribution in [0.25, 0.3) is 0 Å². The van der Waals surface area contributed by atoms with Gasteiger partial charge in [-0.1, -0.05) is 18.2 Å². The van der Waals surface area contributed by atoms with Gasteiger partial charge in [-0.3, -0.25) is 4.79 Å². The molecule has 25 heavy (non-hydrogen) atoms. The van der Waals surface area contributed by atoms with E-state index in [0.717, 1.165) is 24.2 Å². The molecule has 3 fully saturated rings. The van der Waals surface area contributed by atoms with Gasteiger partial charge in [0.05, 0.1) is 10.1 Å². The second kappa shape index (κ2) is 5.70. The number of rotatable bonds is 4. The van der Waals surface area contributed by atoms with Crippen molar-refractivity contribution in [2.24, 2.45) is 29.6 Å². The molecule has 0 aliphatic heterocycles. The Hall–Kier alpha value is -1.62. The maximum Gasteiger partial charge on any atom is 0.307 e. The second-order valence-electron chi connectivity index (χ2n) is 7.93. The summed E-state index contributed by atoms with van der Waals surface area (Å²) in [5, 5.41) is -0.290. The minimum atomic E-state index is -3.29. The highest BCUT2D eigenvalue weighted by molar-refractivity contribution is 7.92. The summed E-state index contributed by atoms with van der Waals surface area (Å²) in [7, 11) is -3.29. The molecule has 3 saturated carbocycles. The zero-order chi connectivity index (χ0) is 17.9. The van der Waals surface area contributed by atoms with Gasteiger partial charge in [0.15, 0.2) is 9.84 Å². The van der Waals surface area contributed by atoms with Crippen LogP contribution in [-0.2, 0) is 19.4 Å². The highest BCUT2D eigenvalue weighted by Crippen LogP contribution is 2.72. The lowest BCUT2D eigenvalue weighted by atomic mass is 9.99. The summed E-state index contributed by atoms with van der Waals surface area (Å²) in [6.07, 6.45) is 1.74. The zero-order valence-electron chi connectivity index (χ0n) is 14.8. The molecule has 0 N–H and O–H groups in total. The van der Waals surface area contributed by atoms with Gasteiger partial charge in [-0.25, -0.2) is 8.42 Å². The molecule has 5 heteroatoms. The minimum Gasteiger partial charge on any atom is -0.431 e. The third kappa shape index (κ3) is 2.55. The van der Waals surface area contributed by atoms with Gasteiger partial charge in [0.2, 0.25) is 0 Å². The molecule has 0 unspecified atom stereocenters. The highest BCUT2D eigenvalue weighted by Gasteiger charge is 2.71. The van der Waals surface area contributed by atoms with Gasteiger partial charge in [-0.2, -0.15) is 0 Å². The Balaban J connectivity index is 1.60. The molecular formula is C20H24O4S. The standard InChI is InChI=1S/C20H24O4S/c1-11(2)20(24-12(3)21)19-17-13-9-15(18(17)19)16(10-13)25(22,23)14-7-5-4-6-8-14/h4-8,13,15-19H,9-10H2,1-3H3/t13-,15+,16-,17-,18+,19+/m1/s1. The second-order valence-corrected chi connectivity index (χ2v) is 10.1. The van der Waals surface area contributed by atoms with Crippen LogP contribution in [0.15, 0.2) is 46.6 Å². The summed E-state index contributed by atoms with van der Waals surface area (Å²) < 4.78 is 31.7. The summed E-state index contributed by atoms with van der Waals surface area (Å²) in [6, 6.07) is 8.80. The number of carbonyl (C=O) groups is 1. The number of sulfone groups is 1. The van der Waals surface area contributed by atoms with E-state index in [1.807, 2.05) is 19.9 Å². The van der Waals surface area contributed by atoms with E-state index in [0.29, 0.717) is 22.6 Å². The first-order chi connectivity index (χ1) is 11.8. The van der Waals surface area contributed by atoms with E-state index in [9.17, 15) is 13.2 Å². The lowest BCUT2D eigenvalue weighted by molar-refractivity contribution is -0.137. The third-order valence-corrected chi connectivity index (χ3v) is 8.55. The van der Waals surface area contributed by atoms with E-state index in [2.05, 4.69) is 0 Å². The minimum absolute atomic E-state index is 0.190. The van der Waals surface area contributed by atoms with Crippen LogP contribution in [0.3, 0.4) is 0 Å². The summed E-state index contributed by atoms with van der Waals surface area (Å²) >= 11 is 0. The molecule has 4 rings (SSSR count). The fourth-order valence-electron chi connectivity index (χ4n) is 5.46. The normalized spacial score (nSPS) is 35.2. The monoisotopic (exact) mass is 360 g/mol. The largest absolute Gasteiger partial charge is 0.431 e. The summed E-state index contributed by atoms with van der Waals surface area (Å²) in [5.41, 5.74) is 1.02. The van der Waals surface area contributed by atoms with Crippen LogP contribution >= 0.6 is 0 Å². The summed E-state index contributed by atoms with van der Waals surface area (Å²) in [4.78, 5) is 11.9. The Morgan fingerprint density at radius 3 is 2.32 bits per heavy atom. The number of benzene rings is 1. The smallest absolute Gasteiger partial charge is 0.307 e. The van der Waals surface area contributed by atoms with E-state index < -0.39 is 9.84 Å². The molecule has 0 aromatic heterocycles. The molecule has 0 heterocycles. The van der Waals surface area contributed by atoms with Crippen molar-refractivity contribution < 1.29 is 17.9 Å². The predicted octanol–water partition coefficient (Wildman–Crippen LogP) is 3.59. The van der Waals surface area contributed by atoms with Gasteiger partial charge in [-0.15, -0.1) is 0 Å². The maximum absolute atomic E-state index is 13.1. The molecule has 2 bridgehead atoms. The van der Waals surface area contributed by atoms with Crippen molar-refractivity contribution in [3.8, 4) is 0 Å². The number of ether oxygens (including phenoxy) is 1. The molecule has 0 radical (unpaired) electrons. The Kier molecular flexibility index (Phi) is 3.83. The fourth-order valence-corrected chi connectivity index (χ4v) is 7.60. The van der Waals surface area contributed by atoms with Crippen LogP contribution < -0.4 is 0 Å². The van der Waals surface area contributed by atoms with E-state index >= 15 is 0 Å². The van der Waals surface area contributed by atoms with E-state index in [1.165, 1.54) is 6.92 Å². The molecule has 0 amide bonds. The number of hydrogen-bond donors (Lipinski definition) is 0. The highest BCUT2D eigenvalue weighted by atomic mass is 32.2. The average molecular weight is 360 g/mol. The summed E-state index contributed by atoms with van der Waals surface area (Å²) in [5.74, 6) is 2.21. The molecule has 1 aromatic rings. The lowest BCUT2D eigenvalue weighted by Gasteiger charge is -2.21. The SMILES string of the molecule is CC(=O)OC(=C(C)C)[C@@H]1[C@H]2[C@H]3C[C@H](C[C@H]3S(=O)(=O)c3ccccc3)[C@@H]12. The van der Waals surface area contributed by atoms with E-state index in [1.54, 1.807) is 24.3 Å². The number of carbonyl (C=O) groups excluding carboxylic acids is 1. The van der Waals surface area contributed by atoms with Crippen molar-refractivity contribution in [1.29, 1.82) is 0 Å². The van der Waals surface area contributed by atoms with Crippen LogP contribution in [0.1, 0.15) is 33.6 Å². The molecule has 0 saturated heterocycles. The van der Waals surface area contributed by atoms with Crippen molar-refractivity contribution in [3.63, 3.8) is 0 Å². The molecular weight excluding hydrogens is 336 g/mol. The van der Waals surface area contributed by atoms with Crippen molar-refractivity contribution >= 4 is 15.8 Å². The number of esters is 1. The molecule has 3 aliphatic carbocycles. The summed E-state index contributed by atoms with van der Waals surface area (Å²) in [6.45, 7) is 5.36. The van der Waals surface area contributed by atoms with Crippen molar-refractivity contribution in [1.82, 2.24) is 0 Å². The number of allylic oxidation sites excluding steroid dienone is 2. The first-order valence-corrected chi connectivity index (χ1v) is 10.5. The topological polar surface area (TPSA) is 60.4 Å². The van der Waals surface area contributed by atoms with Gasteiger partial charge < -0.3 is 4.74 Å². The molecule has 1 aromatic carbocycles. The van der Waals surface area contributed by atoms with Crippen LogP contribution in [-0.4, -0.2) is 19.6 Å². The van der Waals surface area contributed by atoms with E-state index in [4.69, 9.17) is 4.74 Å². The third-order valence-electron chi connectivity index (χ3n) is 6.28. The predicted molar refractivity (Wildman–Crippen MR) is 94.2 cm³/mol. The van der Waals surface area contributed by atoms with E-state index in [-0.39, 0.29) is 23.1 Å². The van der Waals surface area contributed by atoms with Gasteiger partial charge in [0.1, 0.15) is 5.76 Å². The van der Waals surface area contributed by atoms with Crippen LogP contribution in [0.5, 0.6) is 0 Å². The van der Waals surface area contributed by atoms with Gasteiger partial charge in [0, 0.05) is 12.8 Å². The Bertz CT molecular complexity index is 836. The fraction of sp³-hybridized carbons (Fsp3) is 0.550. The molecule has 6 atom stereocenters. The van der Waals surface area contributed by atoms with Crippen LogP contribution in [0, 0.1) is 29.6 Å². The van der Waals surface area contributed by atoms with Gasteiger partial charge in [-0.05, 0) is 68.1 Å². The number of fused-ring (bicyclic) bond motifs is 5. The van der Waals surface area contributed by atoms with Crippen molar-refractivity contribution in [2.75, 3.05) is 0 Å². The molecule has 3 aliphatic rings. The molecule has 4 nitrogen and oxygen atoms in total. The van der Waals surface area contributed by atoms with Crippen molar-refractivity contribution in [2.45, 2.75) is 43.8 Å². The van der Waals surface area contributed by atoms with Crippen LogP contribution in [0.4, 0.5) is 0 Å². The molecule has 134 valence electrons. The average Bonchev–Trinajstić information content (AvgIpc) is 2.99. The first-order valence-electron chi connectivity index (χ1n) is 8.97. The number of hydrogen-bond acceptors (Lipinski definition) is 4. The van der Waals surface area contributed by atoms with Crippen molar-refractivity contribution in [3.05, 3.63) is 41.7 Å². The quantitative estimate of drug-likeness (QED) is 0.608. The van der Waals surface area contributed by atoms with Gasteiger partial charge >= 0.3 is 5.97 Å². The Morgan fingerprint density at radius 1 is 1.04 bits per heavy atom. The molecule has 0 spiro atoms. The Labute approximate surface area is 149 Å². The van der Waals surface area contributed by atoms with Crippen LogP contribution in [0.2, 0.25) is 0 Å². The maximum atomic E-state index is 13.1. The first kappa shape index (κ1) is 16.8. The van der Waals surface area contributed by atoms with Gasteiger partial charge in [0.25, 0.3) is 0 Å².